The molecule has 0 saturated carbocycles. The number of carbonyl (C=O) groups excluding carboxylic acids is 2. The maximum Gasteiger partial charge on any atom is 0.328 e. The summed E-state index contributed by atoms with van der Waals surface area (Å²) >= 11 is 2.91. The summed E-state index contributed by atoms with van der Waals surface area (Å²) in [6.07, 6.45) is 0.765. The third-order valence-electron chi connectivity index (χ3n) is 4.09. The molecule has 142 valence electrons. The molecule has 26 heavy (non-hydrogen) atoms. The van der Waals surface area contributed by atoms with Gasteiger partial charge in [-0.1, -0.05) is 38.1 Å². The first kappa shape index (κ1) is 20.4. The zero-order valence-electron chi connectivity index (χ0n) is 15.4. The van der Waals surface area contributed by atoms with E-state index in [1.807, 2.05) is 42.9 Å². The summed E-state index contributed by atoms with van der Waals surface area (Å²) in [6.45, 7) is 6.61. The third-order valence-corrected chi connectivity index (χ3v) is 5.92. The maximum atomic E-state index is 12.3. The van der Waals surface area contributed by atoms with Gasteiger partial charge in [0.2, 0.25) is 5.91 Å². The van der Waals surface area contributed by atoms with Gasteiger partial charge < -0.3 is 14.6 Å². The molecule has 0 spiro atoms. The summed E-state index contributed by atoms with van der Waals surface area (Å²) in [5.74, 6) is 0.314. The second-order valence-electron chi connectivity index (χ2n) is 5.77. The lowest BCUT2D eigenvalue weighted by atomic mass is 9.99. The molecule has 0 aliphatic carbocycles. The largest absolute Gasteiger partial charge is 0.467 e. The highest BCUT2D eigenvalue weighted by molar-refractivity contribution is 7.99. The Morgan fingerprint density at radius 2 is 2.15 bits per heavy atom. The summed E-state index contributed by atoms with van der Waals surface area (Å²) in [7, 11) is 1.33. The maximum absolute atomic E-state index is 12.3. The number of nitrogens with one attached hydrogen (secondary N) is 1. The quantitative estimate of drug-likeness (QED) is 0.518. The predicted octanol–water partition coefficient (Wildman–Crippen LogP) is 2.82. The number of carbonyl (C=O) groups is 2. The van der Waals surface area contributed by atoms with Crippen LogP contribution in [-0.4, -0.2) is 45.5 Å². The molecule has 0 aliphatic heterocycles. The highest BCUT2D eigenvalue weighted by Gasteiger charge is 2.26. The van der Waals surface area contributed by atoms with Crippen LogP contribution in [0.15, 0.2) is 22.7 Å². The van der Waals surface area contributed by atoms with Crippen LogP contribution in [-0.2, 0) is 20.9 Å². The topological polar surface area (TPSA) is 86.1 Å². The lowest BCUT2D eigenvalue weighted by Crippen LogP contribution is -2.46. The van der Waals surface area contributed by atoms with Crippen molar-refractivity contribution < 1.29 is 14.3 Å². The number of ether oxygens (including phenoxy) is 1. The molecule has 0 radical (unpaired) electrons. The van der Waals surface area contributed by atoms with Gasteiger partial charge in [0.05, 0.1) is 17.7 Å². The van der Waals surface area contributed by atoms with Gasteiger partial charge >= 0.3 is 5.97 Å². The van der Waals surface area contributed by atoms with Crippen molar-refractivity contribution in [3.05, 3.63) is 17.5 Å². The fourth-order valence-electron chi connectivity index (χ4n) is 2.41. The molecule has 0 aromatic carbocycles. The molecule has 2 atom stereocenters. The van der Waals surface area contributed by atoms with Crippen LogP contribution in [0.4, 0.5) is 0 Å². The first-order valence-corrected chi connectivity index (χ1v) is 10.3. The van der Waals surface area contributed by atoms with Crippen LogP contribution < -0.4 is 5.32 Å². The van der Waals surface area contributed by atoms with Crippen LogP contribution in [0.25, 0.3) is 10.7 Å². The Bertz CT molecular complexity index is 730. The number of esters is 1. The van der Waals surface area contributed by atoms with Crippen LogP contribution in [0.5, 0.6) is 0 Å². The number of hydrogen-bond donors (Lipinski definition) is 1. The Labute approximate surface area is 161 Å². The van der Waals surface area contributed by atoms with E-state index in [-0.39, 0.29) is 17.6 Å². The molecule has 0 aliphatic rings. The lowest BCUT2D eigenvalue weighted by molar-refractivity contribution is -0.146. The van der Waals surface area contributed by atoms with Crippen LogP contribution in [0.1, 0.15) is 27.2 Å². The van der Waals surface area contributed by atoms with Crippen molar-refractivity contribution in [3.63, 3.8) is 0 Å². The summed E-state index contributed by atoms with van der Waals surface area (Å²) in [6, 6.07) is 3.33. The van der Waals surface area contributed by atoms with E-state index >= 15 is 0 Å². The molecule has 2 aromatic rings. The second-order valence-corrected chi connectivity index (χ2v) is 7.66. The van der Waals surface area contributed by atoms with Crippen LogP contribution >= 0.6 is 23.1 Å². The smallest absolute Gasteiger partial charge is 0.328 e. The minimum Gasteiger partial charge on any atom is -0.467 e. The van der Waals surface area contributed by atoms with Crippen molar-refractivity contribution >= 4 is 35.0 Å². The molecule has 0 fully saturated rings. The Hall–Kier alpha value is -1.87. The zero-order valence-corrected chi connectivity index (χ0v) is 17.0. The van der Waals surface area contributed by atoms with Crippen molar-refractivity contribution in [3.8, 4) is 10.7 Å². The molecule has 1 amide bonds. The van der Waals surface area contributed by atoms with E-state index in [1.54, 1.807) is 11.3 Å². The molecule has 2 rings (SSSR count). The van der Waals surface area contributed by atoms with E-state index in [1.165, 1.54) is 18.9 Å². The first-order chi connectivity index (χ1) is 12.5. The summed E-state index contributed by atoms with van der Waals surface area (Å²) in [5.41, 5.74) is 0. The van der Waals surface area contributed by atoms with E-state index in [0.29, 0.717) is 11.7 Å². The van der Waals surface area contributed by atoms with E-state index in [0.717, 1.165) is 17.1 Å². The minimum atomic E-state index is -0.635. The number of thioether (sulfide) groups is 1. The minimum absolute atomic E-state index is 0.00104. The van der Waals surface area contributed by atoms with Crippen LogP contribution in [0.3, 0.4) is 0 Å². The Kier molecular flexibility index (Phi) is 7.65. The number of rotatable bonds is 9. The predicted molar refractivity (Wildman–Crippen MR) is 103 cm³/mol. The van der Waals surface area contributed by atoms with Crippen LogP contribution in [0, 0.1) is 5.92 Å². The fourth-order valence-corrected chi connectivity index (χ4v) is 3.94. The molecule has 2 unspecified atom stereocenters. The van der Waals surface area contributed by atoms with Gasteiger partial charge in [-0.2, -0.15) is 0 Å². The normalized spacial score (nSPS) is 13.2. The lowest BCUT2D eigenvalue weighted by Gasteiger charge is -2.21. The summed E-state index contributed by atoms with van der Waals surface area (Å²) in [5, 5.41) is 13.9. The molecular weight excluding hydrogens is 372 g/mol. The first-order valence-electron chi connectivity index (χ1n) is 8.48. The van der Waals surface area contributed by atoms with Crippen molar-refractivity contribution in [1.82, 2.24) is 20.1 Å². The number of nitrogens with zero attached hydrogens (tertiary/aromatic N) is 3. The van der Waals surface area contributed by atoms with Gasteiger partial charge in [0.15, 0.2) is 11.0 Å². The van der Waals surface area contributed by atoms with Crippen molar-refractivity contribution in [2.75, 3.05) is 12.9 Å². The second kappa shape index (κ2) is 9.72. The number of amides is 1. The fraction of sp³-hybridized carbons (Fsp3) is 0.529. The molecule has 2 aromatic heterocycles. The molecule has 9 heteroatoms. The van der Waals surface area contributed by atoms with E-state index in [4.69, 9.17) is 4.74 Å². The Morgan fingerprint density at radius 1 is 1.38 bits per heavy atom. The Morgan fingerprint density at radius 3 is 2.73 bits per heavy atom. The molecule has 0 bridgehead atoms. The monoisotopic (exact) mass is 396 g/mol. The van der Waals surface area contributed by atoms with Gasteiger partial charge in [0.1, 0.15) is 6.04 Å². The average Bonchev–Trinajstić information content (AvgIpc) is 3.31. The van der Waals surface area contributed by atoms with Gasteiger partial charge in [0.25, 0.3) is 0 Å². The standard InChI is InChI=1S/C17H24N4O3S2/c1-5-11(3)14(16(23)24-4)18-13(22)10-26-17-20-19-15(21(17)6-2)12-8-7-9-25-12/h7-9,11,14H,5-6,10H2,1-4H3,(H,18,22). The number of hydrogen-bond acceptors (Lipinski definition) is 7. The molecule has 0 saturated heterocycles. The van der Waals surface area contributed by atoms with E-state index in [9.17, 15) is 9.59 Å². The van der Waals surface area contributed by atoms with E-state index < -0.39 is 12.0 Å². The van der Waals surface area contributed by atoms with Gasteiger partial charge in [-0.05, 0) is 24.3 Å². The van der Waals surface area contributed by atoms with Gasteiger partial charge in [-0.15, -0.1) is 21.5 Å². The number of thiophene rings is 1. The van der Waals surface area contributed by atoms with Gasteiger partial charge in [-0.25, -0.2) is 4.79 Å². The van der Waals surface area contributed by atoms with Crippen molar-refractivity contribution in [2.24, 2.45) is 5.92 Å². The highest BCUT2D eigenvalue weighted by atomic mass is 32.2. The van der Waals surface area contributed by atoms with E-state index in [2.05, 4.69) is 15.5 Å². The number of aromatic nitrogens is 3. The third kappa shape index (κ3) is 4.85. The summed E-state index contributed by atoms with van der Waals surface area (Å²) in [4.78, 5) is 25.2. The SMILES string of the molecule is CCC(C)C(NC(=O)CSc1nnc(-c2cccs2)n1CC)C(=O)OC. The Balaban J connectivity index is 2.02. The molecule has 1 N–H and O–H groups in total. The van der Waals surface area contributed by atoms with Crippen LogP contribution in [0.2, 0.25) is 0 Å². The molecule has 7 nitrogen and oxygen atoms in total. The zero-order chi connectivity index (χ0) is 19.1. The van der Waals surface area contributed by atoms with Gasteiger partial charge in [0, 0.05) is 6.54 Å². The highest BCUT2D eigenvalue weighted by Crippen LogP contribution is 2.27. The summed E-state index contributed by atoms with van der Waals surface area (Å²) < 4.78 is 6.78. The average molecular weight is 397 g/mol. The van der Waals surface area contributed by atoms with Crippen molar-refractivity contribution in [2.45, 2.75) is 44.9 Å². The molecular formula is C17H24N4O3S2. The molecule has 2 heterocycles. The van der Waals surface area contributed by atoms with Crippen molar-refractivity contribution in [1.29, 1.82) is 0 Å². The number of methoxy groups -OCH3 is 1. The van der Waals surface area contributed by atoms with Gasteiger partial charge in [-0.3, -0.25) is 4.79 Å².